The Kier molecular flexibility index (Phi) is 5.03. The summed E-state index contributed by atoms with van der Waals surface area (Å²) < 4.78 is 0. The third-order valence-electron chi connectivity index (χ3n) is 4.53. The number of para-hydroxylation sites is 1. The van der Waals surface area contributed by atoms with Crippen LogP contribution in [0, 0.1) is 0 Å². The molecular formula is C20H23N3O2. The lowest BCUT2D eigenvalue weighted by Crippen LogP contribution is -2.50. The van der Waals surface area contributed by atoms with Crippen LogP contribution in [0.2, 0.25) is 0 Å². The number of piperazine rings is 1. The highest BCUT2D eigenvalue weighted by atomic mass is 16.2. The van der Waals surface area contributed by atoms with Crippen LogP contribution in [0.4, 0.5) is 11.4 Å². The second-order valence-electron chi connectivity index (χ2n) is 6.39. The molecule has 2 aromatic rings. The Morgan fingerprint density at radius 3 is 2.00 bits per heavy atom. The summed E-state index contributed by atoms with van der Waals surface area (Å²) in [6.07, 6.45) is 0. The van der Waals surface area contributed by atoms with E-state index in [2.05, 4.69) is 17.0 Å². The molecule has 1 heterocycles. The first-order valence-corrected chi connectivity index (χ1v) is 8.47. The molecule has 25 heavy (non-hydrogen) atoms. The van der Waals surface area contributed by atoms with Gasteiger partial charge in [-0.25, -0.2) is 0 Å². The number of ketones is 1. The van der Waals surface area contributed by atoms with Gasteiger partial charge in [0, 0.05) is 57.2 Å². The molecule has 2 aromatic carbocycles. The lowest BCUT2D eigenvalue weighted by Gasteiger charge is -2.35. The molecule has 0 unspecified atom stereocenters. The highest BCUT2D eigenvalue weighted by Gasteiger charge is 2.26. The number of carbonyl (C=O) groups excluding carboxylic acids is 2. The minimum absolute atomic E-state index is 0.412. The van der Waals surface area contributed by atoms with Crippen molar-refractivity contribution in [2.24, 2.45) is 0 Å². The molecular weight excluding hydrogens is 314 g/mol. The summed E-state index contributed by atoms with van der Waals surface area (Å²) >= 11 is 0. The van der Waals surface area contributed by atoms with Gasteiger partial charge in [0.1, 0.15) is 0 Å². The van der Waals surface area contributed by atoms with Crippen LogP contribution in [0.1, 0.15) is 10.4 Å². The number of carbonyl (C=O) groups is 2. The van der Waals surface area contributed by atoms with Crippen molar-refractivity contribution in [3.8, 4) is 0 Å². The molecule has 0 aromatic heterocycles. The van der Waals surface area contributed by atoms with Crippen molar-refractivity contribution in [2.75, 3.05) is 50.1 Å². The first-order valence-electron chi connectivity index (χ1n) is 8.47. The van der Waals surface area contributed by atoms with E-state index in [4.69, 9.17) is 0 Å². The summed E-state index contributed by atoms with van der Waals surface area (Å²) in [6.45, 7) is 2.61. The van der Waals surface area contributed by atoms with Crippen LogP contribution in [0.5, 0.6) is 0 Å². The van der Waals surface area contributed by atoms with E-state index < -0.39 is 11.7 Å². The number of hydrogen-bond donors (Lipinski definition) is 0. The first-order chi connectivity index (χ1) is 12.1. The average molecular weight is 337 g/mol. The van der Waals surface area contributed by atoms with E-state index >= 15 is 0 Å². The Morgan fingerprint density at radius 1 is 0.840 bits per heavy atom. The van der Waals surface area contributed by atoms with Gasteiger partial charge in [0.05, 0.1) is 0 Å². The Hall–Kier alpha value is -2.82. The largest absolute Gasteiger partial charge is 0.378 e. The van der Waals surface area contributed by atoms with Crippen molar-refractivity contribution in [1.29, 1.82) is 0 Å². The molecule has 1 fully saturated rings. The highest BCUT2D eigenvalue weighted by Crippen LogP contribution is 2.17. The van der Waals surface area contributed by atoms with Gasteiger partial charge in [-0.3, -0.25) is 9.59 Å². The van der Waals surface area contributed by atoms with Crippen LogP contribution < -0.4 is 9.80 Å². The smallest absolute Gasteiger partial charge is 0.295 e. The van der Waals surface area contributed by atoms with E-state index in [1.165, 1.54) is 0 Å². The molecule has 1 saturated heterocycles. The number of hydrogen-bond acceptors (Lipinski definition) is 4. The standard InChI is InChI=1S/C20H23N3O2/c1-21(2)17-10-8-16(9-11-17)19(24)20(25)23-14-12-22(13-15-23)18-6-4-3-5-7-18/h3-11H,12-15H2,1-2H3. The molecule has 0 atom stereocenters. The summed E-state index contributed by atoms with van der Waals surface area (Å²) in [7, 11) is 3.88. The molecule has 0 radical (unpaired) electrons. The van der Waals surface area contributed by atoms with Gasteiger partial charge in [0.2, 0.25) is 5.78 Å². The van der Waals surface area contributed by atoms with E-state index in [0.717, 1.165) is 24.5 Å². The Morgan fingerprint density at radius 2 is 1.44 bits per heavy atom. The van der Waals surface area contributed by atoms with Crippen molar-refractivity contribution in [2.45, 2.75) is 0 Å². The topological polar surface area (TPSA) is 43.9 Å². The molecule has 1 aliphatic heterocycles. The highest BCUT2D eigenvalue weighted by molar-refractivity contribution is 6.42. The van der Waals surface area contributed by atoms with E-state index in [-0.39, 0.29) is 0 Å². The number of Topliss-reactive ketones (excluding diaryl/α,β-unsaturated/α-hetero) is 1. The quantitative estimate of drug-likeness (QED) is 0.634. The van der Waals surface area contributed by atoms with E-state index in [9.17, 15) is 9.59 Å². The lowest BCUT2D eigenvalue weighted by atomic mass is 10.1. The number of benzene rings is 2. The number of nitrogens with zero attached hydrogens (tertiary/aromatic N) is 3. The molecule has 1 amide bonds. The van der Waals surface area contributed by atoms with Gasteiger partial charge in [0.25, 0.3) is 5.91 Å². The minimum atomic E-state index is -0.432. The Labute approximate surface area is 148 Å². The summed E-state index contributed by atoms with van der Waals surface area (Å²) in [6, 6.07) is 17.3. The Balaban J connectivity index is 1.61. The third-order valence-corrected chi connectivity index (χ3v) is 4.53. The van der Waals surface area contributed by atoms with Crippen LogP contribution in [-0.2, 0) is 4.79 Å². The fraction of sp³-hybridized carbons (Fsp3) is 0.300. The average Bonchev–Trinajstić information content (AvgIpc) is 2.67. The minimum Gasteiger partial charge on any atom is -0.378 e. The first kappa shape index (κ1) is 17.0. The molecule has 0 spiro atoms. The second kappa shape index (κ2) is 7.38. The zero-order valence-corrected chi connectivity index (χ0v) is 14.7. The predicted molar refractivity (Wildman–Crippen MR) is 100 cm³/mol. The fourth-order valence-corrected chi connectivity index (χ4v) is 2.98. The number of amides is 1. The SMILES string of the molecule is CN(C)c1ccc(C(=O)C(=O)N2CCN(c3ccccc3)CC2)cc1. The van der Waals surface area contributed by atoms with Crippen LogP contribution in [0.25, 0.3) is 0 Å². The molecule has 0 saturated carbocycles. The van der Waals surface area contributed by atoms with Crippen molar-refractivity contribution >= 4 is 23.1 Å². The fourth-order valence-electron chi connectivity index (χ4n) is 2.98. The predicted octanol–water partition coefficient (Wildman–Crippen LogP) is 2.28. The molecule has 1 aliphatic rings. The van der Waals surface area contributed by atoms with E-state index in [0.29, 0.717) is 18.7 Å². The second-order valence-corrected chi connectivity index (χ2v) is 6.39. The van der Waals surface area contributed by atoms with Crippen molar-refractivity contribution in [1.82, 2.24) is 4.90 Å². The molecule has 3 rings (SSSR count). The van der Waals surface area contributed by atoms with Crippen molar-refractivity contribution < 1.29 is 9.59 Å². The van der Waals surface area contributed by atoms with Gasteiger partial charge < -0.3 is 14.7 Å². The normalized spacial score (nSPS) is 14.3. The lowest BCUT2D eigenvalue weighted by molar-refractivity contribution is -0.126. The van der Waals surface area contributed by atoms with E-state index in [1.807, 2.05) is 49.3 Å². The zero-order valence-electron chi connectivity index (χ0n) is 14.7. The molecule has 0 bridgehead atoms. The molecule has 130 valence electrons. The van der Waals surface area contributed by atoms with Gasteiger partial charge in [0.15, 0.2) is 0 Å². The summed E-state index contributed by atoms with van der Waals surface area (Å²) in [5, 5.41) is 0. The maximum Gasteiger partial charge on any atom is 0.295 e. The summed E-state index contributed by atoms with van der Waals surface area (Å²) in [5.74, 6) is -0.844. The monoisotopic (exact) mass is 337 g/mol. The van der Waals surface area contributed by atoms with Crippen LogP contribution >= 0.6 is 0 Å². The molecule has 0 N–H and O–H groups in total. The maximum atomic E-state index is 12.5. The summed E-state index contributed by atoms with van der Waals surface area (Å²) in [5.41, 5.74) is 2.60. The summed E-state index contributed by atoms with van der Waals surface area (Å²) in [4.78, 5) is 30.8. The van der Waals surface area contributed by atoms with Gasteiger partial charge in [-0.05, 0) is 36.4 Å². The Bertz CT molecular complexity index is 733. The van der Waals surface area contributed by atoms with Crippen molar-refractivity contribution in [3.05, 3.63) is 60.2 Å². The number of rotatable bonds is 4. The van der Waals surface area contributed by atoms with Crippen LogP contribution in [-0.4, -0.2) is 56.9 Å². The van der Waals surface area contributed by atoms with Gasteiger partial charge in [-0.2, -0.15) is 0 Å². The maximum absolute atomic E-state index is 12.5. The molecule has 0 aliphatic carbocycles. The molecule has 5 heteroatoms. The van der Waals surface area contributed by atoms with Gasteiger partial charge in [-0.1, -0.05) is 18.2 Å². The van der Waals surface area contributed by atoms with Gasteiger partial charge in [-0.15, -0.1) is 0 Å². The van der Waals surface area contributed by atoms with Crippen LogP contribution in [0.3, 0.4) is 0 Å². The van der Waals surface area contributed by atoms with Crippen LogP contribution in [0.15, 0.2) is 54.6 Å². The third kappa shape index (κ3) is 3.82. The zero-order chi connectivity index (χ0) is 17.8. The van der Waals surface area contributed by atoms with Gasteiger partial charge >= 0.3 is 0 Å². The number of anilines is 2. The molecule has 5 nitrogen and oxygen atoms in total. The van der Waals surface area contributed by atoms with Crippen molar-refractivity contribution in [3.63, 3.8) is 0 Å². The van der Waals surface area contributed by atoms with E-state index in [1.54, 1.807) is 17.0 Å².